The molecule has 1 aliphatic heterocycles. The highest BCUT2D eigenvalue weighted by Crippen LogP contribution is 2.35. The minimum Gasteiger partial charge on any atom is -0.318 e. The zero-order valence-electron chi connectivity index (χ0n) is 11.2. The maximum Gasteiger partial charge on any atom is 0.0224 e. The second-order valence-electron chi connectivity index (χ2n) is 6.05. The Bertz CT molecular complexity index is 217. The van der Waals surface area contributed by atoms with Crippen LogP contribution in [0.25, 0.3) is 0 Å². The summed E-state index contributed by atoms with van der Waals surface area (Å²) in [6, 6.07) is 1.68. The van der Waals surface area contributed by atoms with Gasteiger partial charge in [0.2, 0.25) is 0 Å². The van der Waals surface area contributed by atoms with Gasteiger partial charge in [-0.15, -0.1) is 0 Å². The van der Waals surface area contributed by atoms with E-state index in [1.807, 2.05) is 0 Å². The van der Waals surface area contributed by atoms with Gasteiger partial charge in [0.25, 0.3) is 0 Å². The van der Waals surface area contributed by atoms with E-state index in [1.54, 1.807) is 0 Å². The molecule has 1 saturated carbocycles. The van der Waals surface area contributed by atoms with Crippen LogP contribution in [0.4, 0.5) is 0 Å². The first-order valence-electron chi connectivity index (χ1n) is 7.12. The molecule has 16 heavy (non-hydrogen) atoms. The zero-order valence-corrected chi connectivity index (χ0v) is 11.2. The summed E-state index contributed by atoms with van der Waals surface area (Å²) in [5.41, 5.74) is 0. The van der Waals surface area contributed by atoms with Gasteiger partial charge >= 0.3 is 0 Å². The lowest BCUT2D eigenvalue weighted by molar-refractivity contribution is 0.0830. The van der Waals surface area contributed by atoms with Crippen molar-refractivity contribution in [3.05, 3.63) is 0 Å². The molecule has 2 rings (SSSR count). The van der Waals surface area contributed by atoms with Crippen molar-refractivity contribution in [2.45, 2.75) is 58.0 Å². The number of hydrogen-bond acceptors (Lipinski definition) is 2. The van der Waals surface area contributed by atoms with Crippen molar-refractivity contribution in [3.63, 3.8) is 0 Å². The molecule has 0 radical (unpaired) electrons. The molecule has 0 aromatic heterocycles. The highest BCUT2D eigenvalue weighted by atomic mass is 15.2. The molecule has 1 heterocycles. The van der Waals surface area contributed by atoms with Gasteiger partial charge in [-0.3, -0.25) is 4.90 Å². The van der Waals surface area contributed by atoms with E-state index in [-0.39, 0.29) is 0 Å². The Morgan fingerprint density at radius 1 is 1.19 bits per heavy atom. The summed E-state index contributed by atoms with van der Waals surface area (Å²) in [4.78, 5) is 2.81. The maximum atomic E-state index is 3.36. The smallest absolute Gasteiger partial charge is 0.0224 e. The van der Waals surface area contributed by atoms with Crippen molar-refractivity contribution in [2.24, 2.45) is 11.8 Å². The lowest BCUT2D eigenvalue weighted by Crippen LogP contribution is -2.48. The average Bonchev–Trinajstić information content (AvgIpc) is 2.67. The fourth-order valence-corrected chi connectivity index (χ4v) is 3.89. The Kier molecular flexibility index (Phi) is 4.26. The number of nitrogens with one attached hydrogen (secondary N) is 1. The number of likely N-dealkylation sites (tertiary alicyclic amines) is 1. The number of rotatable bonds is 3. The summed E-state index contributed by atoms with van der Waals surface area (Å²) in [6.07, 6.45) is 7.12. The molecule has 0 aromatic carbocycles. The van der Waals surface area contributed by atoms with Crippen molar-refractivity contribution < 1.29 is 0 Å². The van der Waals surface area contributed by atoms with E-state index >= 15 is 0 Å². The van der Waals surface area contributed by atoms with Gasteiger partial charge in [0.15, 0.2) is 0 Å². The maximum absolute atomic E-state index is 3.36. The van der Waals surface area contributed by atoms with E-state index in [2.05, 4.69) is 31.1 Å². The van der Waals surface area contributed by atoms with Crippen molar-refractivity contribution >= 4 is 0 Å². The van der Waals surface area contributed by atoms with Gasteiger partial charge in [-0.1, -0.05) is 13.8 Å². The van der Waals surface area contributed by atoms with Crippen molar-refractivity contribution in [2.75, 3.05) is 20.1 Å². The highest BCUT2D eigenvalue weighted by molar-refractivity contribution is 4.90. The molecule has 0 bridgehead atoms. The predicted molar refractivity (Wildman–Crippen MR) is 69.6 cm³/mol. The summed E-state index contributed by atoms with van der Waals surface area (Å²) in [6.45, 7) is 7.41. The Labute approximate surface area is 101 Å². The van der Waals surface area contributed by atoms with Gasteiger partial charge in [0, 0.05) is 18.6 Å². The van der Waals surface area contributed by atoms with E-state index in [0.29, 0.717) is 0 Å². The second-order valence-corrected chi connectivity index (χ2v) is 6.05. The van der Waals surface area contributed by atoms with Crippen LogP contribution in [0, 0.1) is 11.8 Å². The standard InChI is InChI=1S/C14H28N2/c1-11-6-7-14(12(2)9-11)16-8-4-5-13(16)10-15-3/h11-15H,4-10H2,1-3H3. The summed E-state index contributed by atoms with van der Waals surface area (Å²) in [5, 5.41) is 3.36. The minimum atomic E-state index is 0.811. The lowest BCUT2D eigenvalue weighted by atomic mass is 9.79. The van der Waals surface area contributed by atoms with Crippen molar-refractivity contribution in [1.29, 1.82) is 0 Å². The molecular weight excluding hydrogens is 196 g/mol. The van der Waals surface area contributed by atoms with Gasteiger partial charge in [-0.05, 0) is 57.5 Å². The third kappa shape index (κ3) is 2.60. The van der Waals surface area contributed by atoms with Crippen LogP contribution >= 0.6 is 0 Å². The first-order chi connectivity index (χ1) is 7.72. The van der Waals surface area contributed by atoms with Gasteiger partial charge in [0.1, 0.15) is 0 Å². The van der Waals surface area contributed by atoms with Crippen LogP contribution in [0.2, 0.25) is 0 Å². The zero-order chi connectivity index (χ0) is 11.5. The molecule has 1 saturated heterocycles. The lowest BCUT2D eigenvalue weighted by Gasteiger charge is -2.41. The van der Waals surface area contributed by atoms with E-state index in [1.165, 1.54) is 45.2 Å². The molecule has 4 unspecified atom stereocenters. The first kappa shape index (κ1) is 12.4. The normalized spacial score (nSPS) is 41.4. The van der Waals surface area contributed by atoms with Crippen LogP contribution < -0.4 is 5.32 Å². The fraction of sp³-hybridized carbons (Fsp3) is 1.00. The van der Waals surface area contributed by atoms with Gasteiger partial charge in [-0.25, -0.2) is 0 Å². The summed E-state index contributed by atoms with van der Waals surface area (Å²) >= 11 is 0. The van der Waals surface area contributed by atoms with Crippen LogP contribution in [-0.4, -0.2) is 37.1 Å². The third-order valence-electron chi connectivity index (χ3n) is 4.67. The van der Waals surface area contributed by atoms with E-state index in [9.17, 15) is 0 Å². The molecule has 2 nitrogen and oxygen atoms in total. The van der Waals surface area contributed by atoms with Crippen molar-refractivity contribution in [1.82, 2.24) is 10.2 Å². The van der Waals surface area contributed by atoms with Crippen LogP contribution in [0.5, 0.6) is 0 Å². The molecule has 4 atom stereocenters. The molecule has 94 valence electrons. The van der Waals surface area contributed by atoms with Gasteiger partial charge in [-0.2, -0.15) is 0 Å². The molecule has 1 N–H and O–H groups in total. The molecule has 0 amide bonds. The molecular formula is C14H28N2. The largest absolute Gasteiger partial charge is 0.318 e. The number of nitrogens with zero attached hydrogens (tertiary/aromatic N) is 1. The van der Waals surface area contributed by atoms with E-state index < -0.39 is 0 Å². The average molecular weight is 224 g/mol. The van der Waals surface area contributed by atoms with Crippen LogP contribution in [0.1, 0.15) is 46.0 Å². The fourth-order valence-electron chi connectivity index (χ4n) is 3.89. The quantitative estimate of drug-likeness (QED) is 0.792. The second kappa shape index (κ2) is 5.50. The molecule has 2 aliphatic rings. The van der Waals surface area contributed by atoms with Crippen LogP contribution in [-0.2, 0) is 0 Å². The SMILES string of the molecule is CNCC1CCCN1C1CCC(C)CC1C. The Morgan fingerprint density at radius 2 is 2.00 bits per heavy atom. The Hall–Kier alpha value is -0.0800. The molecule has 1 aliphatic carbocycles. The van der Waals surface area contributed by atoms with Gasteiger partial charge in [0.05, 0.1) is 0 Å². The third-order valence-corrected chi connectivity index (χ3v) is 4.67. The summed E-state index contributed by atoms with van der Waals surface area (Å²) in [5.74, 6) is 1.86. The first-order valence-corrected chi connectivity index (χ1v) is 7.12. The minimum absolute atomic E-state index is 0.811. The molecule has 0 spiro atoms. The molecule has 2 heteroatoms. The monoisotopic (exact) mass is 224 g/mol. The predicted octanol–water partition coefficient (Wildman–Crippen LogP) is 2.49. The summed E-state index contributed by atoms with van der Waals surface area (Å²) < 4.78 is 0. The molecule has 2 fully saturated rings. The number of likely N-dealkylation sites (N-methyl/N-ethyl adjacent to an activating group) is 1. The van der Waals surface area contributed by atoms with Crippen molar-refractivity contribution in [3.8, 4) is 0 Å². The Morgan fingerprint density at radius 3 is 2.69 bits per heavy atom. The molecule has 0 aromatic rings. The topological polar surface area (TPSA) is 15.3 Å². The summed E-state index contributed by atoms with van der Waals surface area (Å²) in [7, 11) is 2.09. The van der Waals surface area contributed by atoms with Crippen LogP contribution in [0.15, 0.2) is 0 Å². The number of hydrogen-bond donors (Lipinski definition) is 1. The van der Waals surface area contributed by atoms with E-state index in [0.717, 1.165) is 23.9 Å². The highest BCUT2D eigenvalue weighted by Gasteiger charge is 2.35. The van der Waals surface area contributed by atoms with E-state index in [4.69, 9.17) is 0 Å². The van der Waals surface area contributed by atoms with Crippen LogP contribution in [0.3, 0.4) is 0 Å². The Balaban J connectivity index is 1.95. The van der Waals surface area contributed by atoms with Gasteiger partial charge < -0.3 is 5.32 Å².